The Kier molecular flexibility index (Phi) is 4.50. The SMILES string of the molecule is CNC(=O)Cc1ccc(NC(=O)c2ccc[nH]c2=O)cc1. The van der Waals surface area contributed by atoms with Crippen LogP contribution >= 0.6 is 0 Å². The van der Waals surface area contributed by atoms with Gasteiger partial charge < -0.3 is 15.6 Å². The van der Waals surface area contributed by atoms with Crippen LogP contribution in [0.1, 0.15) is 15.9 Å². The molecular weight excluding hydrogens is 270 g/mol. The van der Waals surface area contributed by atoms with Crippen molar-refractivity contribution in [3.63, 3.8) is 0 Å². The number of amides is 2. The summed E-state index contributed by atoms with van der Waals surface area (Å²) in [7, 11) is 1.58. The number of rotatable bonds is 4. The van der Waals surface area contributed by atoms with Gasteiger partial charge in [0.2, 0.25) is 5.91 Å². The smallest absolute Gasteiger partial charge is 0.261 e. The number of aromatic nitrogens is 1. The maximum atomic E-state index is 11.9. The highest BCUT2D eigenvalue weighted by atomic mass is 16.2. The van der Waals surface area contributed by atoms with Gasteiger partial charge in [0, 0.05) is 18.9 Å². The Morgan fingerprint density at radius 2 is 1.86 bits per heavy atom. The standard InChI is InChI=1S/C15H15N3O3/c1-16-13(19)9-10-4-6-11(7-5-10)18-15(21)12-3-2-8-17-14(12)20/h2-8H,9H2,1H3,(H,16,19)(H,17,20)(H,18,21). The third kappa shape index (κ3) is 3.79. The Morgan fingerprint density at radius 3 is 2.48 bits per heavy atom. The van der Waals surface area contributed by atoms with E-state index in [1.165, 1.54) is 12.3 Å². The summed E-state index contributed by atoms with van der Waals surface area (Å²) in [4.78, 5) is 37.1. The minimum Gasteiger partial charge on any atom is -0.359 e. The topological polar surface area (TPSA) is 91.1 Å². The molecule has 108 valence electrons. The molecule has 2 amide bonds. The summed E-state index contributed by atoms with van der Waals surface area (Å²) in [5, 5.41) is 5.18. The lowest BCUT2D eigenvalue weighted by Crippen LogP contribution is -2.22. The van der Waals surface area contributed by atoms with Crippen molar-refractivity contribution < 1.29 is 9.59 Å². The van der Waals surface area contributed by atoms with E-state index >= 15 is 0 Å². The summed E-state index contributed by atoms with van der Waals surface area (Å²) in [6.45, 7) is 0. The number of likely N-dealkylation sites (N-methyl/N-ethyl adjacent to an activating group) is 1. The number of hydrogen-bond donors (Lipinski definition) is 3. The predicted molar refractivity (Wildman–Crippen MR) is 79.2 cm³/mol. The van der Waals surface area contributed by atoms with Crippen LogP contribution in [-0.4, -0.2) is 23.8 Å². The molecule has 3 N–H and O–H groups in total. The van der Waals surface area contributed by atoms with Gasteiger partial charge >= 0.3 is 0 Å². The van der Waals surface area contributed by atoms with E-state index in [2.05, 4.69) is 15.6 Å². The lowest BCUT2D eigenvalue weighted by molar-refractivity contribution is -0.119. The maximum Gasteiger partial charge on any atom is 0.261 e. The number of carbonyl (C=O) groups excluding carboxylic acids is 2. The molecule has 0 saturated carbocycles. The van der Waals surface area contributed by atoms with E-state index in [1.54, 1.807) is 37.4 Å². The molecule has 0 saturated heterocycles. The minimum absolute atomic E-state index is 0.0481. The zero-order chi connectivity index (χ0) is 15.2. The summed E-state index contributed by atoms with van der Waals surface area (Å²) >= 11 is 0. The van der Waals surface area contributed by atoms with Gasteiger partial charge in [-0.2, -0.15) is 0 Å². The van der Waals surface area contributed by atoms with E-state index in [0.717, 1.165) is 5.56 Å². The van der Waals surface area contributed by atoms with Crippen molar-refractivity contribution in [2.24, 2.45) is 0 Å². The molecule has 2 aromatic rings. The van der Waals surface area contributed by atoms with Gasteiger partial charge in [-0.1, -0.05) is 12.1 Å². The van der Waals surface area contributed by atoms with Crippen molar-refractivity contribution in [1.82, 2.24) is 10.3 Å². The van der Waals surface area contributed by atoms with Crippen LogP contribution in [0.3, 0.4) is 0 Å². The molecule has 0 unspecified atom stereocenters. The van der Waals surface area contributed by atoms with Crippen LogP contribution in [0.2, 0.25) is 0 Å². The number of anilines is 1. The number of nitrogens with one attached hydrogen (secondary N) is 3. The fraction of sp³-hybridized carbons (Fsp3) is 0.133. The maximum absolute atomic E-state index is 11.9. The predicted octanol–water partition coefficient (Wildman–Crippen LogP) is 0.916. The third-order valence-electron chi connectivity index (χ3n) is 2.92. The molecule has 1 heterocycles. The van der Waals surface area contributed by atoms with E-state index in [-0.39, 0.29) is 17.9 Å². The number of H-pyrrole nitrogens is 1. The summed E-state index contributed by atoms with van der Waals surface area (Å²) in [6.07, 6.45) is 1.75. The lowest BCUT2D eigenvalue weighted by atomic mass is 10.1. The molecule has 6 heteroatoms. The highest BCUT2D eigenvalue weighted by molar-refractivity contribution is 6.03. The molecule has 0 fully saturated rings. The molecular formula is C15H15N3O3. The number of pyridine rings is 1. The van der Waals surface area contributed by atoms with E-state index in [9.17, 15) is 14.4 Å². The first-order valence-electron chi connectivity index (χ1n) is 6.38. The first-order chi connectivity index (χ1) is 10.1. The molecule has 6 nitrogen and oxygen atoms in total. The molecule has 0 aliphatic rings. The average Bonchev–Trinajstić information content (AvgIpc) is 2.49. The van der Waals surface area contributed by atoms with Crippen LogP contribution < -0.4 is 16.2 Å². The zero-order valence-electron chi connectivity index (χ0n) is 11.5. The van der Waals surface area contributed by atoms with Gasteiger partial charge in [0.25, 0.3) is 11.5 Å². The number of aromatic amines is 1. The second-order valence-electron chi connectivity index (χ2n) is 4.41. The second-order valence-corrected chi connectivity index (χ2v) is 4.41. The molecule has 2 rings (SSSR count). The Balaban J connectivity index is 2.07. The van der Waals surface area contributed by atoms with Gasteiger partial charge in [-0.15, -0.1) is 0 Å². The number of carbonyl (C=O) groups is 2. The minimum atomic E-state index is -0.476. The van der Waals surface area contributed by atoms with Crippen molar-refractivity contribution in [3.8, 4) is 0 Å². The van der Waals surface area contributed by atoms with Crippen LogP contribution in [0.25, 0.3) is 0 Å². The Bertz CT molecular complexity index is 705. The molecule has 0 radical (unpaired) electrons. The van der Waals surface area contributed by atoms with Crippen molar-refractivity contribution in [1.29, 1.82) is 0 Å². The highest BCUT2D eigenvalue weighted by Gasteiger charge is 2.09. The first kappa shape index (κ1) is 14.5. The molecule has 21 heavy (non-hydrogen) atoms. The molecule has 0 bridgehead atoms. The first-order valence-corrected chi connectivity index (χ1v) is 6.38. The van der Waals surface area contributed by atoms with E-state index in [0.29, 0.717) is 5.69 Å². The fourth-order valence-corrected chi connectivity index (χ4v) is 1.78. The van der Waals surface area contributed by atoms with Crippen LogP contribution in [0, 0.1) is 0 Å². The fourth-order valence-electron chi connectivity index (χ4n) is 1.78. The van der Waals surface area contributed by atoms with E-state index < -0.39 is 11.5 Å². The molecule has 0 spiro atoms. The third-order valence-corrected chi connectivity index (χ3v) is 2.92. The lowest BCUT2D eigenvalue weighted by Gasteiger charge is -2.06. The Hall–Kier alpha value is -2.89. The quantitative estimate of drug-likeness (QED) is 0.780. The molecule has 1 aromatic carbocycles. The summed E-state index contributed by atoms with van der Waals surface area (Å²) in [5.74, 6) is -0.557. The van der Waals surface area contributed by atoms with Gasteiger partial charge in [0.05, 0.1) is 6.42 Å². The van der Waals surface area contributed by atoms with Crippen LogP contribution in [-0.2, 0) is 11.2 Å². The monoisotopic (exact) mass is 285 g/mol. The molecule has 0 aliphatic heterocycles. The second kappa shape index (κ2) is 6.51. The van der Waals surface area contributed by atoms with E-state index in [4.69, 9.17) is 0 Å². The van der Waals surface area contributed by atoms with Crippen molar-refractivity contribution in [2.45, 2.75) is 6.42 Å². The normalized spacial score (nSPS) is 9.95. The van der Waals surface area contributed by atoms with Crippen LogP contribution in [0.15, 0.2) is 47.4 Å². The van der Waals surface area contributed by atoms with Crippen molar-refractivity contribution in [2.75, 3.05) is 12.4 Å². The number of hydrogen-bond acceptors (Lipinski definition) is 3. The average molecular weight is 285 g/mol. The van der Waals surface area contributed by atoms with Gasteiger partial charge in [0.1, 0.15) is 5.56 Å². The van der Waals surface area contributed by atoms with Gasteiger partial charge in [-0.25, -0.2) is 0 Å². The van der Waals surface area contributed by atoms with Gasteiger partial charge in [-0.05, 0) is 29.8 Å². The molecule has 1 aromatic heterocycles. The zero-order valence-corrected chi connectivity index (χ0v) is 11.5. The van der Waals surface area contributed by atoms with E-state index in [1.807, 2.05) is 0 Å². The van der Waals surface area contributed by atoms with Crippen LogP contribution in [0.4, 0.5) is 5.69 Å². The van der Waals surface area contributed by atoms with Gasteiger partial charge in [-0.3, -0.25) is 14.4 Å². The summed E-state index contributed by atoms with van der Waals surface area (Å²) in [5.41, 5.74) is 1.01. The highest BCUT2D eigenvalue weighted by Crippen LogP contribution is 2.11. The number of benzene rings is 1. The summed E-state index contributed by atoms with van der Waals surface area (Å²) < 4.78 is 0. The largest absolute Gasteiger partial charge is 0.359 e. The van der Waals surface area contributed by atoms with Gasteiger partial charge in [0.15, 0.2) is 0 Å². The molecule has 0 aliphatic carbocycles. The van der Waals surface area contributed by atoms with Crippen molar-refractivity contribution in [3.05, 3.63) is 64.1 Å². The molecule has 0 atom stereocenters. The Morgan fingerprint density at radius 1 is 1.14 bits per heavy atom. The van der Waals surface area contributed by atoms with Crippen molar-refractivity contribution >= 4 is 17.5 Å². The Labute approximate surface area is 121 Å². The summed E-state index contributed by atoms with van der Waals surface area (Å²) in [6, 6.07) is 9.91. The van der Waals surface area contributed by atoms with Crippen LogP contribution in [0.5, 0.6) is 0 Å².